The van der Waals surface area contributed by atoms with Crippen LogP contribution in [0.3, 0.4) is 0 Å². The van der Waals surface area contributed by atoms with Gasteiger partial charge < -0.3 is 14.5 Å². The molecule has 2 aliphatic rings. The molecule has 29 heavy (non-hydrogen) atoms. The second-order valence-electron chi connectivity index (χ2n) is 7.49. The number of sulfonamides is 1. The van der Waals surface area contributed by atoms with Crippen molar-refractivity contribution in [2.45, 2.75) is 18.7 Å². The lowest BCUT2D eigenvalue weighted by molar-refractivity contribution is 0.122. The molecule has 8 nitrogen and oxygen atoms in total. The van der Waals surface area contributed by atoms with Crippen LogP contribution >= 0.6 is 0 Å². The summed E-state index contributed by atoms with van der Waals surface area (Å²) in [5.41, 5.74) is 1.73. The van der Waals surface area contributed by atoms with E-state index in [9.17, 15) is 8.42 Å². The second-order valence-corrected chi connectivity index (χ2v) is 9.40. The number of aromatic nitrogens is 2. The van der Waals surface area contributed by atoms with E-state index in [1.165, 1.54) is 0 Å². The first kappa shape index (κ1) is 20.1. The number of ether oxygens (including phenoxy) is 1. The number of nitrogens with zero attached hydrogens (tertiary/aromatic N) is 5. The van der Waals surface area contributed by atoms with E-state index in [2.05, 4.69) is 19.8 Å². The Morgan fingerprint density at radius 3 is 2.14 bits per heavy atom. The van der Waals surface area contributed by atoms with Gasteiger partial charge >= 0.3 is 0 Å². The highest BCUT2D eigenvalue weighted by Crippen LogP contribution is 2.24. The summed E-state index contributed by atoms with van der Waals surface area (Å²) in [5, 5.41) is 0. The molecule has 2 aromatic rings. The fourth-order valence-electron chi connectivity index (χ4n) is 3.76. The predicted octanol–water partition coefficient (Wildman–Crippen LogP) is 1.44. The Labute approximate surface area is 172 Å². The first-order chi connectivity index (χ1) is 13.9. The lowest BCUT2D eigenvalue weighted by atomic mass is 10.2. The van der Waals surface area contributed by atoms with Gasteiger partial charge in [-0.25, -0.2) is 18.4 Å². The summed E-state index contributed by atoms with van der Waals surface area (Å²) in [5.74, 6) is 1.73. The molecule has 2 saturated heterocycles. The second kappa shape index (κ2) is 8.25. The van der Waals surface area contributed by atoms with Crippen molar-refractivity contribution in [1.29, 1.82) is 0 Å². The van der Waals surface area contributed by atoms with E-state index < -0.39 is 10.0 Å². The van der Waals surface area contributed by atoms with E-state index in [1.807, 2.05) is 32.0 Å². The molecule has 0 amide bonds. The van der Waals surface area contributed by atoms with Crippen molar-refractivity contribution in [2.75, 3.05) is 62.3 Å². The molecule has 4 rings (SSSR count). The molecule has 0 radical (unpaired) electrons. The Morgan fingerprint density at radius 1 is 0.862 bits per heavy atom. The summed E-state index contributed by atoms with van der Waals surface area (Å²) in [6, 6.07) is 7.55. The minimum atomic E-state index is -3.49. The fraction of sp³-hybridized carbons (Fsp3) is 0.500. The van der Waals surface area contributed by atoms with Crippen molar-refractivity contribution in [2.24, 2.45) is 0 Å². The first-order valence-corrected chi connectivity index (χ1v) is 11.4. The van der Waals surface area contributed by atoms with Gasteiger partial charge in [-0.3, -0.25) is 0 Å². The molecule has 2 aliphatic heterocycles. The lowest BCUT2D eigenvalue weighted by Gasteiger charge is -2.35. The molecule has 156 valence electrons. The minimum Gasteiger partial charge on any atom is -0.378 e. The van der Waals surface area contributed by atoms with Crippen LogP contribution in [0.4, 0.5) is 11.6 Å². The van der Waals surface area contributed by atoms with Gasteiger partial charge in [0.1, 0.15) is 18.0 Å². The highest BCUT2D eigenvalue weighted by Gasteiger charge is 2.30. The molecular formula is C20H27N5O3S. The van der Waals surface area contributed by atoms with E-state index in [0.717, 1.165) is 35.9 Å². The van der Waals surface area contributed by atoms with Crippen molar-refractivity contribution >= 4 is 21.7 Å². The number of piperazine rings is 1. The van der Waals surface area contributed by atoms with Crippen molar-refractivity contribution in [3.8, 4) is 0 Å². The highest BCUT2D eigenvalue weighted by molar-refractivity contribution is 7.89. The molecule has 0 spiro atoms. The Morgan fingerprint density at radius 2 is 1.48 bits per heavy atom. The van der Waals surface area contributed by atoms with Crippen LogP contribution in [0.15, 0.2) is 35.5 Å². The van der Waals surface area contributed by atoms with E-state index in [-0.39, 0.29) is 0 Å². The number of rotatable bonds is 4. The van der Waals surface area contributed by atoms with Gasteiger partial charge in [0.15, 0.2) is 0 Å². The normalized spacial score (nSPS) is 18.8. The third kappa shape index (κ3) is 4.22. The van der Waals surface area contributed by atoms with Gasteiger partial charge in [-0.15, -0.1) is 0 Å². The minimum absolute atomic E-state index is 0.405. The Balaban J connectivity index is 1.46. The van der Waals surface area contributed by atoms with Gasteiger partial charge in [0.2, 0.25) is 10.0 Å². The van der Waals surface area contributed by atoms with Gasteiger partial charge in [0.05, 0.1) is 18.1 Å². The highest BCUT2D eigenvalue weighted by atomic mass is 32.2. The van der Waals surface area contributed by atoms with Crippen LogP contribution in [-0.2, 0) is 14.8 Å². The Hall–Kier alpha value is -2.23. The van der Waals surface area contributed by atoms with Gasteiger partial charge in [0.25, 0.3) is 0 Å². The third-order valence-corrected chi connectivity index (χ3v) is 7.54. The molecule has 2 fully saturated rings. The maximum atomic E-state index is 13.1. The van der Waals surface area contributed by atoms with Crippen LogP contribution in [0.2, 0.25) is 0 Å². The topological polar surface area (TPSA) is 78.9 Å². The molecule has 0 aliphatic carbocycles. The third-order valence-electron chi connectivity index (χ3n) is 5.50. The zero-order valence-corrected chi connectivity index (χ0v) is 17.7. The molecule has 1 aromatic heterocycles. The summed E-state index contributed by atoms with van der Waals surface area (Å²) < 4.78 is 33.2. The number of hydrogen-bond acceptors (Lipinski definition) is 7. The van der Waals surface area contributed by atoms with E-state index in [4.69, 9.17) is 4.74 Å². The summed E-state index contributed by atoms with van der Waals surface area (Å²) in [6.07, 6.45) is 1.58. The lowest BCUT2D eigenvalue weighted by Crippen LogP contribution is -2.49. The summed E-state index contributed by atoms with van der Waals surface area (Å²) in [6.45, 7) is 8.87. The van der Waals surface area contributed by atoms with Crippen molar-refractivity contribution in [3.63, 3.8) is 0 Å². The van der Waals surface area contributed by atoms with Crippen LogP contribution in [0.5, 0.6) is 0 Å². The first-order valence-electron chi connectivity index (χ1n) is 9.92. The van der Waals surface area contributed by atoms with Crippen LogP contribution < -0.4 is 9.80 Å². The van der Waals surface area contributed by atoms with E-state index >= 15 is 0 Å². The van der Waals surface area contributed by atoms with Crippen LogP contribution in [0, 0.1) is 13.8 Å². The zero-order chi connectivity index (χ0) is 20.4. The molecule has 0 N–H and O–H groups in total. The molecule has 9 heteroatoms. The monoisotopic (exact) mass is 417 g/mol. The molecule has 0 atom stereocenters. The molecule has 0 bridgehead atoms. The average Bonchev–Trinajstić information content (AvgIpc) is 2.76. The number of morpholine rings is 1. The standard InChI is InChI=1S/C20H27N5O3S/c1-16-3-4-17(2)18(13-16)29(26,27)25-7-5-23(6-8-25)19-14-20(22-15-21-19)24-9-11-28-12-10-24/h3-4,13-15H,5-12H2,1-2H3. The zero-order valence-electron chi connectivity index (χ0n) is 16.9. The SMILES string of the molecule is Cc1ccc(C)c(S(=O)(=O)N2CCN(c3cc(N4CCOCC4)ncn3)CC2)c1. The largest absolute Gasteiger partial charge is 0.378 e. The number of aryl methyl sites for hydroxylation is 2. The molecule has 3 heterocycles. The van der Waals surface area contributed by atoms with E-state index in [0.29, 0.717) is 44.3 Å². The number of anilines is 2. The maximum absolute atomic E-state index is 13.1. The van der Waals surface area contributed by atoms with Crippen LogP contribution in [0.25, 0.3) is 0 Å². The van der Waals surface area contributed by atoms with Crippen molar-refractivity contribution in [3.05, 3.63) is 41.7 Å². The molecular weight excluding hydrogens is 390 g/mol. The van der Waals surface area contributed by atoms with Gasteiger partial charge in [-0.1, -0.05) is 12.1 Å². The predicted molar refractivity (Wildman–Crippen MR) is 112 cm³/mol. The Kier molecular flexibility index (Phi) is 5.71. The molecule has 0 saturated carbocycles. The van der Waals surface area contributed by atoms with Crippen LogP contribution in [-0.4, -0.2) is 75.2 Å². The van der Waals surface area contributed by atoms with Gasteiger partial charge in [-0.05, 0) is 31.0 Å². The van der Waals surface area contributed by atoms with E-state index in [1.54, 1.807) is 16.7 Å². The van der Waals surface area contributed by atoms with Crippen molar-refractivity contribution < 1.29 is 13.2 Å². The quantitative estimate of drug-likeness (QED) is 0.745. The number of hydrogen-bond donors (Lipinski definition) is 0. The summed E-state index contributed by atoms with van der Waals surface area (Å²) in [4.78, 5) is 13.5. The van der Waals surface area contributed by atoms with Crippen molar-refractivity contribution in [1.82, 2.24) is 14.3 Å². The average molecular weight is 418 g/mol. The summed E-state index contributed by atoms with van der Waals surface area (Å²) in [7, 11) is -3.49. The molecule has 1 aromatic carbocycles. The molecule has 0 unspecified atom stereocenters. The fourth-order valence-corrected chi connectivity index (χ4v) is 5.49. The van der Waals surface area contributed by atoms with Gasteiger partial charge in [0, 0.05) is 45.3 Å². The number of benzene rings is 1. The summed E-state index contributed by atoms with van der Waals surface area (Å²) >= 11 is 0. The smallest absolute Gasteiger partial charge is 0.243 e. The maximum Gasteiger partial charge on any atom is 0.243 e. The Bertz CT molecular complexity index is 968. The van der Waals surface area contributed by atoms with Crippen LogP contribution in [0.1, 0.15) is 11.1 Å². The van der Waals surface area contributed by atoms with Gasteiger partial charge in [-0.2, -0.15) is 4.31 Å².